The van der Waals surface area contributed by atoms with Crippen molar-refractivity contribution in [2.45, 2.75) is 6.92 Å². The summed E-state index contributed by atoms with van der Waals surface area (Å²) >= 11 is 3.35. The van der Waals surface area contributed by atoms with Crippen molar-refractivity contribution in [3.05, 3.63) is 81.0 Å². The minimum atomic E-state index is -0.523. The summed E-state index contributed by atoms with van der Waals surface area (Å²) in [5, 5.41) is 0. The Bertz CT molecular complexity index is 1330. The SMILES string of the molecule is COc1cc(OC)c(OC)cc1/C=C1\Oc2c(ccc(OC(=O)c3ccccc3Br)c2C)C1=O. The molecule has 0 saturated heterocycles. The molecule has 0 aromatic heterocycles. The highest BCUT2D eigenvalue weighted by Gasteiger charge is 2.31. The van der Waals surface area contributed by atoms with Gasteiger partial charge in [0.1, 0.15) is 17.2 Å². The maximum Gasteiger partial charge on any atom is 0.344 e. The first kappa shape index (κ1) is 23.4. The van der Waals surface area contributed by atoms with Gasteiger partial charge in [0.15, 0.2) is 17.3 Å². The first-order valence-electron chi connectivity index (χ1n) is 10.2. The number of fused-ring (bicyclic) bond motifs is 1. The summed E-state index contributed by atoms with van der Waals surface area (Å²) in [6.07, 6.45) is 1.58. The van der Waals surface area contributed by atoms with E-state index in [0.29, 0.717) is 55.5 Å². The Labute approximate surface area is 205 Å². The molecule has 0 radical (unpaired) electrons. The van der Waals surface area contributed by atoms with Crippen LogP contribution in [-0.4, -0.2) is 33.1 Å². The van der Waals surface area contributed by atoms with E-state index in [2.05, 4.69) is 15.9 Å². The fraction of sp³-hybridized carbons (Fsp3) is 0.154. The Morgan fingerprint density at radius 3 is 2.26 bits per heavy atom. The number of rotatable bonds is 6. The zero-order valence-corrected chi connectivity index (χ0v) is 20.5. The van der Waals surface area contributed by atoms with Crippen LogP contribution in [0.5, 0.6) is 28.7 Å². The second kappa shape index (κ2) is 9.61. The molecule has 0 bridgehead atoms. The minimum Gasteiger partial charge on any atom is -0.496 e. The number of Topliss-reactive ketones (excluding diaryl/α,β-unsaturated/α-hetero) is 1. The molecule has 0 atom stereocenters. The van der Waals surface area contributed by atoms with Crippen LogP contribution in [-0.2, 0) is 0 Å². The van der Waals surface area contributed by atoms with Crippen molar-refractivity contribution >= 4 is 33.8 Å². The third-order valence-corrected chi connectivity index (χ3v) is 6.05. The van der Waals surface area contributed by atoms with Crippen molar-refractivity contribution in [1.82, 2.24) is 0 Å². The van der Waals surface area contributed by atoms with Crippen molar-refractivity contribution in [3.8, 4) is 28.7 Å². The summed E-state index contributed by atoms with van der Waals surface area (Å²) in [5.41, 5.74) is 1.88. The number of halogens is 1. The van der Waals surface area contributed by atoms with Gasteiger partial charge in [-0.15, -0.1) is 0 Å². The molecular formula is C26H21BrO7. The van der Waals surface area contributed by atoms with Gasteiger partial charge < -0.3 is 23.7 Å². The first-order valence-corrected chi connectivity index (χ1v) is 11.0. The molecule has 0 N–H and O–H groups in total. The van der Waals surface area contributed by atoms with Gasteiger partial charge in [0.05, 0.1) is 32.5 Å². The maximum absolute atomic E-state index is 13.0. The quantitative estimate of drug-likeness (QED) is 0.235. The maximum atomic E-state index is 13.0. The fourth-order valence-electron chi connectivity index (χ4n) is 3.57. The summed E-state index contributed by atoms with van der Waals surface area (Å²) < 4.78 is 28.2. The third kappa shape index (κ3) is 4.24. The predicted molar refractivity (Wildman–Crippen MR) is 129 cm³/mol. The van der Waals surface area contributed by atoms with Crippen LogP contribution >= 0.6 is 15.9 Å². The molecule has 1 heterocycles. The highest BCUT2D eigenvalue weighted by atomic mass is 79.9. The smallest absolute Gasteiger partial charge is 0.344 e. The number of hydrogen-bond acceptors (Lipinski definition) is 7. The van der Waals surface area contributed by atoms with Crippen molar-refractivity contribution in [2.24, 2.45) is 0 Å². The molecule has 0 saturated carbocycles. The molecular weight excluding hydrogens is 504 g/mol. The molecule has 7 nitrogen and oxygen atoms in total. The van der Waals surface area contributed by atoms with E-state index < -0.39 is 5.97 Å². The number of ketones is 1. The van der Waals surface area contributed by atoms with Gasteiger partial charge in [0, 0.05) is 21.7 Å². The van der Waals surface area contributed by atoms with E-state index in [1.54, 1.807) is 55.5 Å². The van der Waals surface area contributed by atoms with Crippen molar-refractivity contribution in [3.63, 3.8) is 0 Å². The molecule has 174 valence electrons. The molecule has 1 aliphatic heterocycles. The summed E-state index contributed by atoms with van der Waals surface area (Å²) in [6, 6.07) is 13.5. The summed E-state index contributed by atoms with van der Waals surface area (Å²) in [7, 11) is 4.57. The van der Waals surface area contributed by atoms with E-state index in [1.807, 2.05) is 6.07 Å². The van der Waals surface area contributed by atoms with Gasteiger partial charge >= 0.3 is 5.97 Å². The number of carbonyl (C=O) groups excluding carboxylic acids is 2. The van der Waals surface area contributed by atoms with Crippen LogP contribution in [0, 0.1) is 6.92 Å². The van der Waals surface area contributed by atoms with Gasteiger partial charge in [-0.05, 0) is 59.3 Å². The zero-order chi connectivity index (χ0) is 24.4. The average Bonchev–Trinajstić information content (AvgIpc) is 3.16. The standard InChI is InChI=1S/C26H21BrO7/c1-14-19(34-26(29)16-7-5-6-8-18(16)27)10-9-17-24(28)23(33-25(14)17)12-15-11-21(31-3)22(32-4)13-20(15)30-2/h5-13H,1-4H3/b23-12-. The number of hydrogen-bond donors (Lipinski definition) is 0. The van der Waals surface area contributed by atoms with Gasteiger partial charge in [0.2, 0.25) is 5.78 Å². The topological polar surface area (TPSA) is 80.3 Å². The van der Waals surface area contributed by atoms with E-state index in [-0.39, 0.29) is 11.5 Å². The molecule has 8 heteroatoms. The molecule has 3 aromatic rings. The van der Waals surface area contributed by atoms with E-state index >= 15 is 0 Å². The Morgan fingerprint density at radius 2 is 1.59 bits per heavy atom. The van der Waals surface area contributed by atoms with Crippen LogP contribution < -0.4 is 23.7 Å². The van der Waals surface area contributed by atoms with E-state index in [9.17, 15) is 9.59 Å². The van der Waals surface area contributed by atoms with Crippen molar-refractivity contribution < 1.29 is 33.3 Å². The fourth-order valence-corrected chi connectivity index (χ4v) is 4.01. The number of esters is 1. The average molecular weight is 525 g/mol. The molecule has 0 fully saturated rings. The van der Waals surface area contributed by atoms with Gasteiger partial charge in [-0.2, -0.15) is 0 Å². The molecule has 0 aliphatic carbocycles. The molecule has 3 aromatic carbocycles. The normalized spacial score (nSPS) is 13.3. The molecule has 4 rings (SSSR count). The highest BCUT2D eigenvalue weighted by Crippen LogP contribution is 2.41. The zero-order valence-electron chi connectivity index (χ0n) is 18.9. The lowest BCUT2D eigenvalue weighted by Crippen LogP contribution is -2.10. The van der Waals surface area contributed by atoms with Gasteiger partial charge in [0.25, 0.3) is 0 Å². The molecule has 1 aliphatic rings. The van der Waals surface area contributed by atoms with Crippen LogP contribution in [0.4, 0.5) is 0 Å². The lowest BCUT2D eigenvalue weighted by Gasteiger charge is -2.12. The summed E-state index contributed by atoms with van der Waals surface area (Å²) in [5.74, 6) is 1.40. The van der Waals surface area contributed by atoms with Gasteiger partial charge in [-0.3, -0.25) is 4.79 Å². The monoisotopic (exact) mass is 524 g/mol. The van der Waals surface area contributed by atoms with Crippen LogP contribution in [0.3, 0.4) is 0 Å². The molecule has 0 amide bonds. The number of benzene rings is 3. The number of methoxy groups -OCH3 is 3. The Hall–Kier alpha value is -3.78. The van der Waals surface area contributed by atoms with Crippen LogP contribution in [0.1, 0.15) is 31.8 Å². The van der Waals surface area contributed by atoms with Crippen molar-refractivity contribution in [2.75, 3.05) is 21.3 Å². The summed E-state index contributed by atoms with van der Waals surface area (Å²) in [4.78, 5) is 25.7. The number of carbonyl (C=O) groups is 2. The predicted octanol–water partition coefficient (Wildman–Crippen LogP) is 5.62. The van der Waals surface area contributed by atoms with E-state index in [0.717, 1.165) is 0 Å². The van der Waals surface area contributed by atoms with Gasteiger partial charge in [-0.1, -0.05) is 12.1 Å². The van der Waals surface area contributed by atoms with Crippen LogP contribution in [0.15, 0.2) is 58.8 Å². The van der Waals surface area contributed by atoms with E-state index in [1.165, 1.54) is 21.3 Å². The molecule has 34 heavy (non-hydrogen) atoms. The number of ether oxygens (including phenoxy) is 5. The Kier molecular flexibility index (Phi) is 6.61. The van der Waals surface area contributed by atoms with Crippen molar-refractivity contribution in [1.29, 1.82) is 0 Å². The summed E-state index contributed by atoms with van der Waals surface area (Å²) in [6.45, 7) is 1.73. The lowest BCUT2D eigenvalue weighted by atomic mass is 10.1. The second-order valence-electron chi connectivity index (χ2n) is 7.32. The lowest BCUT2D eigenvalue weighted by molar-refractivity contribution is 0.0732. The molecule has 0 unspecified atom stereocenters. The Balaban J connectivity index is 1.66. The third-order valence-electron chi connectivity index (χ3n) is 5.36. The largest absolute Gasteiger partial charge is 0.496 e. The van der Waals surface area contributed by atoms with Crippen LogP contribution in [0.2, 0.25) is 0 Å². The first-order chi connectivity index (χ1) is 16.4. The number of allylic oxidation sites excluding steroid dienone is 1. The highest BCUT2D eigenvalue weighted by molar-refractivity contribution is 9.10. The Morgan fingerprint density at radius 1 is 0.912 bits per heavy atom. The second-order valence-corrected chi connectivity index (χ2v) is 8.18. The molecule has 0 spiro atoms. The van der Waals surface area contributed by atoms with E-state index in [4.69, 9.17) is 23.7 Å². The van der Waals surface area contributed by atoms with Gasteiger partial charge in [-0.25, -0.2) is 4.79 Å². The minimum absolute atomic E-state index is 0.109. The van der Waals surface area contributed by atoms with Crippen LogP contribution in [0.25, 0.3) is 6.08 Å².